The van der Waals surface area contributed by atoms with Crippen LogP contribution in [0.5, 0.6) is 0 Å². The lowest BCUT2D eigenvalue weighted by atomic mass is 10.2. The Kier molecular flexibility index (Phi) is 6.18. The molecular formula is C18H14Cl3N5O2. The fourth-order valence-electron chi connectivity index (χ4n) is 2.36. The summed E-state index contributed by atoms with van der Waals surface area (Å²) in [6.07, 6.45) is 1.43. The second-order valence-electron chi connectivity index (χ2n) is 5.78. The minimum absolute atomic E-state index is 0.229. The molecule has 28 heavy (non-hydrogen) atoms. The molecule has 3 rings (SSSR count). The van der Waals surface area contributed by atoms with Crippen molar-refractivity contribution < 1.29 is 9.59 Å². The first kappa shape index (κ1) is 20.1. The van der Waals surface area contributed by atoms with Gasteiger partial charge in [-0.1, -0.05) is 34.8 Å². The number of amides is 2. The molecule has 7 nitrogen and oxygen atoms in total. The van der Waals surface area contributed by atoms with Gasteiger partial charge in [0.05, 0.1) is 22.3 Å². The third-order valence-corrected chi connectivity index (χ3v) is 4.34. The van der Waals surface area contributed by atoms with E-state index in [4.69, 9.17) is 34.8 Å². The van der Waals surface area contributed by atoms with Crippen LogP contribution >= 0.6 is 34.8 Å². The van der Waals surface area contributed by atoms with Crippen LogP contribution in [0.4, 0.5) is 5.82 Å². The van der Waals surface area contributed by atoms with Crippen LogP contribution in [0.25, 0.3) is 5.82 Å². The number of carbonyl (C=O) groups excluding carboxylic acids is 2. The minimum atomic E-state index is -0.437. The lowest BCUT2D eigenvalue weighted by Crippen LogP contribution is -2.33. The largest absolute Gasteiger partial charge is 0.343 e. The lowest BCUT2D eigenvalue weighted by Gasteiger charge is -2.10. The van der Waals surface area contributed by atoms with Gasteiger partial charge in [-0.3, -0.25) is 9.59 Å². The fraction of sp³-hybridized carbons (Fsp3) is 0.111. The molecule has 2 N–H and O–H groups in total. The number of benzene rings is 1. The first-order chi connectivity index (χ1) is 13.3. The van der Waals surface area contributed by atoms with Gasteiger partial charge >= 0.3 is 0 Å². The molecule has 1 aromatic carbocycles. The van der Waals surface area contributed by atoms with E-state index in [-0.39, 0.29) is 17.5 Å². The normalized spacial score (nSPS) is 10.6. The number of rotatable bonds is 5. The van der Waals surface area contributed by atoms with Crippen molar-refractivity contribution in [3.8, 4) is 5.82 Å². The Morgan fingerprint density at radius 2 is 1.79 bits per heavy atom. The number of anilines is 1. The molecule has 0 saturated heterocycles. The highest BCUT2D eigenvalue weighted by atomic mass is 35.5. The first-order valence-electron chi connectivity index (χ1n) is 8.05. The van der Waals surface area contributed by atoms with E-state index in [0.29, 0.717) is 32.9 Å². The highest BCUT2D eigenvalue weighted by molar-refractivity contribution is 6.35. The highest BCUT2D eigenvalue weighted by Crippen LogP contribution is 2.24. The number of pyridine rings is 1. The maximum Gasteiger partial charge on any atom is 0.251 e. The van der Waals surface area contributed by atoms with Crippen LogP contribution in [-0.2, 0) is 4.79 Å². The van der Waals surface area contributed by atoms with Gasteiger partial charge in [0.25, 0.3) is 5.91 Å². The number of aryl methyl sites for hydroxylation is 1. The molecular weight excluding hydrogens is 425 g/mol. The molecule has 2 heterocycles. The van der Waals surface area contributed by atoms with Crippen LogP contribution < -0.4 is 10.6 Å². The topological polar surface area (TPSA) is 88.9 Å². The number of halogens is 3. The van der Waals surface area contributed by atoms with E-state index in [1.165, 1.54) is 16.9 Å². The Labute approximate surface area is 175 Å². The van der Waals surface area contributed by atoms with E-state index in [0.717, 1.165) is 0 Å². The number of hydrogen-bond donors (Lipinski definition) is 2. The van der Waals surface area contributed by atoms with E-state index in [9.17, 15) is 9.59 Å². The number of nitrogens with zero attached hydrogens (tertiary/aromatic N) is 3. The van der Waals surface area contributed by atoms with Crippen molar-refractivity contribution >= 4 is 52.4 Å². The molecule has 0 atom stereocenters. The Bertz CT molecular complexity index is 1030. The average molecular weight is 439 g/mol. The SMILES string of the molecule is Cc1cc(NC(=O)CNC(=O)c2ccc(Cl)cc2)n(-c2ncc(Cl)cc2Cl)n1. The average Bonchev–Trinajstić information content (AvgIpc) is 3.00. The monoisotopic (exact) mass is 437 g/mol. The van der Waals surface area contributed by atoms with Crippen molar-refractivity contribution in [2.45, 2.75) is 6.92 Å². The van der Waals surface area contributed by atoms with Gasteiger partial charge in [0.15, 0.2) is 5.82 Å². The Morgan fingerprint density at radius 3 is 2.46 bits per heavy atom. The lowest BCUT2D eigenvalue weighted by molar-refractivity contribution is -0.115. The van der Waals surface area contributed by atoms with Gasteiger partial charge in [-0.05, 0) is 37.3 Å². The zero-order valence-corrected chi connectivity index (χ0v) is 16.8. The summed E-state index contributed by atoms with van der Waals surface area (Å²) in [6.45, 7) is 1.53. The summed E-state index contributed by atoms with van der Waals surface area (Å²) in [5.41, 5.74) is 1.04. The number of aromatic nitrogens is 3. The maximum absolute atomic E-state index is 12.3. The molecule has 3 aromatic rings. The second kappa shape index (κ2) is 8.60. The number of hydrogen-bond acceptors (Lipinski definition) is 4. The van der Waals surface area contributed by atoms with Gasteiger partial charge in [0.2, 0.25) is 5.91 Å². The second-order valence-corrected chi connectivity index (χ2v) is 7.06. The molecule has 2 aromatic heterocycles. The smallest absolute Gasteiger partial charge is 0.251 e. The van der Waals surface area contributed by atoms with Crippen molar-refractivity contribution in [1.29, 1.82) is 0 Å². The van der Waals surface area contributed by atoms with Crippen LogP contribution in [-0.4, -0.2) is 33.1 Å². The zero-order chi connectivity index (χ0) is 20.3. The summed E-state index contributed by atoms with van der Waals surface area (Å²) in [5.74, 6) is -0.146. The molecule has 0 spiro atoms. The molecule has 0 radical (unpaired) electrons. The van der Waals surface area contributed by atoms with Gasteiger partial charge in [-0.25, -0.2) is 4.98 Å². The summed E-state index contributed by atoms with van der Waals surface area (Å²) in [5, 5.41) is 10.7. The highest BCUT2D eigenvalue weighted by Gasteiger charge is 2.15. The Balaban J connectivity index is 1.69. The van der Waals surface area contributed by atoms with Crippen molar-refractivity contribution in [3.05, 3.63) is 68.9 Å². The van der Waals surface area contributed by atoms with Crippen LogP contribution in [0.15, 0.2) is 42.6 Å². The molecule has 0 aliphatic heterocycles. The summed E-state index contributed by atoms with van der Waals surface area (Å²) in [4.78, 5) is 28.5. The van der Waals surface area contributed by atoms with Gasteiger partial charge in [-0.2, -0.15) is 9.78 Å². The molecule has 2 amide bonds. The predicted molar refractivity (Wildman–Crippen MR) is 109 cm³/mol. The number of nitrogens with one attached hydrogen (secondary N) is 2. The number of carbonyl (C=O) groups is 2. The van der Waals surface area contributed by atoms with E-state index in [1.54, 1.807) is 37.3 Å². The molecule has 0 bridgehead atoms. The van der Waals surface area contributed by atoms with Gasteiger partial charge in [0.1, 0.15) is 5.82 Å². The molecule has 0 saturated carbocycles. The zero-order valence-electron chi connectivity index (χ0n) is 14.5. The van der Waals surface area contributed by atoms with Crippen LogP contribution in [0, 0.1) is 6.92 Å². The molecule has 0 fully saturated rings. The summed E-state index contributed by atoms with van der Waals surface area (Å²) < 4.78 is 1.40. The van der Waals surface area contributed by atoms with E-state index in [1.807, 2.05) is 0 Å². The molecule has 0 aliphatic carbocycles. The van der Waals surface area contributed by atoms with E-state index < -0.39 is 5.91 Å². The quantitative estimate of drug-likeness (QED) is 0.632. The molecule has 0 aliphatic rings. The van der Waals surface area contributed by atoms with Crippen molar-refractivity contribution in [3.63, 3.8) is 0 Å². The van der Waals surface area contributed by atoms with Crippen molar-refractivity contribution in [1.82, 2.24) is 20.1 Å². The van der Waals surface area contributed by atoms with Crippen LogP contribution in [0.3, 0.4) is 0 Å². The summed E-state index contributed by atoms with van der Waals surface area (Å²) >= 11 is 17.8. The van der Waals surface area contributed by atoms with Crippen LogP contribution in [0.2, 0.25) is 15.1 Å². The third-order valence-electron chi connectivity index (χ3n) is 3.60. The van der Waals surface area contributed by atoms with Crippen molar-refractivity contribution in [2.24, 2.45) is 0 Å². The van der Waals surface area contributed by atoms with Gasteiger partial charge in [-0.15, -0.1) is 0 Å². The maximum atomic E-state index is 12.3. The standard InChI is InChI=1S/C18H14Cl3N5O2/c1-10-6-15(26(25-10)17-14(21)7-13(20)8-22-17)24-16(27)9-23-18(28)11-2-4-12(19)5-3-11/h2-8H,9H2,1H3,(H,23,28)(H,24,27). The van der Waals surface area contributed by atoms with Gasteiger partial charge < -0.3 is 10.6 Å². The first-order valence-corrected chi connectivity index (χ1v) is 9.18. The van der Waals surface area contributed by atoms with Crippen LogP contribution in [0.1, 0.15) is 16.1 Å². The summed E-state index contributed by atoms with van der Waals surface area (Å²) in [6, 6.07) is 9.53. The predicted octanol–water partition coefficient (Wildman–Crippen LogP) is 3.90. The summed E-state index contributed by atoms with van der Waals surface area (Å²) in [7, 11) is 0. The third kappa shape index (κ3) is 4.81. The minimum Gasteiger partial charge on any atom is -0.343 e. The van der Waals surface area contributed by atoms with Gasteiger partial charge in [0, 0.05) is 22.8 Å². The van der Waals surface area contributed by atoms with Crippen molar-refractivity contribution in [2.75, 3.05) is 11.9 Å². The molecule has 144 valence electrons. The molecule has 0 unspecified atom stereocenters. The fourth-order valence-corrected chi connectivity index (χ4v) is 2.95. The molecule has 10 heteroatoms. The van der Waals surface area contributed by atoms with E-state index in [2.05, 4.69) is 20.7 Å². The van der Waals surface area contributed by atoms with E-state index >= 15 is 0 Å². The Hall–Kier alpha value is -2.61. The Morgan fingerprint density at radius 1 is 1.07 bits per heavy atom.